The molecule has 0 atom stereocenters. The summed E-state index contributed by atoms with van der Waals surface area (Å²) >= 11 is 1.21. The van der Waals surface area contributed by atoms with Gasteiger partial charge < -0.3 is 25.0 Å². The summed E-state index contributed by atoms with van der Waals surface area (Å²) in [6.07, 6.45) is -2.82. The minimum absolute atomic E-state index is 0.0412. The minimum atomic E-state index is -4.42. The number of thiophene rings is 1. The first-order valence-corrected chi connectivity index (χ1v) is 16.0. The third kappa shape index (κ3) is 8.06. The number of sulfone groups is 1. The van der Waals surface area contributed by atoms with Crippen LogP contribution in [0.15, 0.2) is 35.2 Å². The van der Waals surface area contributed by atoms with Gasteiger partial charge in [0.2, 0.25) is 0 Å². The van der Waals surface area contributed by atoms with Crippen LogP contribution in [0.2, 0.25) is 0 Å². The second-order valence-electron chi connectivity index (χ2n) is 10.0. The molecule has 0 radical (unpaired) electrons. The number of anilines is 2. The lowest BCUT2D eigenvalue weighted by atomic mass is 10.0. The Labute approximate surface area is 247 Å². The number of hydrogen-bond donors (Lipinski definition) is 2. The predicted molar refractivity (Wildman–Crippen MR) is 158 cm³/mol. The molecule has 3 aromatic rings. The highest BCUT2D eigenvalue weighted by Crippen LogP contribution is 2.39. The molecule has 0 unspecified atom stereocenters. The standard InChI is InChI=1S/C29H33F4N3O4S2/c1-39-15-14-36-12-9-19(10-13-36)35-23-7-4-6-20-21(18-29(31,32)33)26(41-28(20)23)8-5-11-34-24-16-22(30)27(42(3,37)38)17-25(24)40-2/h4,6-7,16-17,19,34-35H,9-15,18H2,1-3H3. The molecule has 228 valence electrons. The monoisotopic (exact) mass is 627 g/mol. The lowest BCUT2D eigenvalue weighted by molar-refractivity contribution is -0.126. The third-order valence-corrected chi connectivity index (χ3v) is 9.29. The molecule has 1 aromatic heterocycles. The highest BCUT2D eigenvalue weighted by atomic mass is 32.2. The zero-order valence-electron chi connectivity index (χ0n) is 23.5. The molecule has 1 fully saturated rings. The van der Waals surface area contributed by atoms with Gasteiger partial charge in [0.05, 0.1) is 47.6 Å². The molecule has 4 rings (SSSR count). The zero-order chi connectivity index (χ0) is 30.5. The summed E-state index contributed by atoms with van der Waals surface area (Å²) < 4.78 is 89.9. The van der Waals surface area contributed by atoms with Gasteiger partial charge in [-0.1, -0.05) is 24.0 Å². The molecule has 1 saturated heterocycles. The van der Waals surface area contributed by atoms with E-state index in [1.165, 1.54) is 18.4 Å². The molecule has 0 spiro atoms. The molecule has 42 heavy (non-hydrogen) atoms. The van der Waals surface area contributed by atoms with Crippen molar-refractivity contribution in [3.63, 3.8) is 0 Å². The Morgan fingerprint density at radius 1 is 1.14 bits per heavy atom. The van der Waals surface area contributed by atoms with Crippen LogP contribution in [0.5, 0.6) is 5.75 Å². The van der Waals surface area contributed by atoms with E-state index < -0.39 is 33.1 Å². The van der Waals surface area contributed by atoms with Gasteiger partial charge in [-0.3, -0.25) is 0 Å². The van der Waals surface area contributed by atoms with Gasteiger partial charge in [-0.15, -0.1) is 11.3 Å². The first kappa shape index (κ1) is 31.9. The number of fused-ring (bicyclic) bond motifs is 1. The maximum Gasteiger partial charge on any atom is 0.393 e. The summed E-state index contributed by atoms with van der Waals surface area (Å²) in [5.41, 5.74) is 1.08. The van der Waals surface area contributed by atoms with Crippen LogP contribution in [0.25, 0.3) is 10.1 Å². The van der Waals surface area contributed by atoms with Crippen molar-refractivity contribution in [2.24, 2.45) is 0 Å². The van der Waals surface area contributed by atoms with Gasteiger partial charge >= 0.3 is 6.18 Å². The lowest BCUT2D eigenvalue weighted by Gasteiger charge is -2.32. The topological polar surface area (TPSA) is 79.9 Å². The Kier molecular flexibility index (Phi) is 10.2. The molecule has 1 aliphatic rings. The summed E-state index contributed by atoms with van der Waals surface area (Å²) in [5, 5.41) is 6.92. The van der Waals surface area contributed by atoms with Crippen LogP contribution >= 0.6 is 11.3 Å². The van der Waals surface area contributed by atoms with Crippen LogP contribution in [0.4, 0.5) is 28.9 Å². The molecule has 2 aromatic carbocycles. The SMILES string of the molecule is COCCN1CCC(Nc2cccc3c(CC(F)(F)F)c(C#CCNc4cc(F)c(S(C)(=O)=O)cc4OC)sc23)CC1. The molecular formula is C29H33F4N3O4S2. The van der Waals surface area contributed by atoms with Gasteiger partial charge in [0.25, 0.3) is 0 Å². The Morgan fingerprint density at radius 2 is 1.88 bits per heavy atom. The number of likely N-dealkylation sites (tertiary alicyclic amines) is 1. The van der Waals surface area contributed by atoms with Crippen molar-refractivity contribution in [3.8, 4) is 17.6 Å². The number of nitrogens with one attached hydrogen (secondary N) is 2. The summed E-state index contributed by atoms with van der Waals surface area (Å²) in [4.78, 5) is 2.14. The molecule has 0 amide bonds. The molecular weight excluding hydrogens is 594 g/mol. The van der Waals surface area contributed by atoms with Crippen molar-refractivity contribution in [3.05, 3.63) is 46.6 Å². The van der Waals surface area contributed by atoms with Crippen LogP contribution in [0, 0.1) is 17.7 Å². The number of benzene rings is 2. The van der Waals surface area contributed by atoms with Crippen molar-refractivity contribution in [1.82, 2.24) is 4.90 Å². The first-order valence-electron chi connectivity index (χ1n) is 13.3. The van der Waals surface area contributed by atoms with Crippen LogP contribution < -0.4 is 15.4 Å². The van der Waals surface area contributed by atoms with E-state index in [-0.39, 0.29) is 29.6 Å². The molecule has 2 heterocycles. The quantitative estimate of drug-likeness (QED) is 0.226. The number of halogens is 4. The second kappa shape index (κ2) is 13.5. The van der Waals surface area contributed by atoms with Crippen molar-refractivity contribution < 1.29 is 35.5 Å². The summed E-state index contributed by atoms with van der Waals surface area (Å²) in [6, 6.07) is 7.59. The average Bonchev–Trinajstić information content (AvgIpc) is 3.26. The van der Waals surface area contributed by atoms with Gasteiger partial charge in [0, 0.05) is 51.2 Å². The highest BCUT2D eigenvalue weighted by Gasteiger charge is 2.31. The van der Waals surface area contributed by atoms with Crippen molar-refractivity contribution >= 4 is 42.6 Å². The molecule has 13 heteroatoms. The van der Waals surface area contributed by atoms with E-state index in [9.17, 15) is 26.0 Å². The van der Waals surface area contributed by atoms with Gasteiger partial charge in [-0.2, -0.15) is 13.2 Å². The Bertz CT molecular complexity index is 1570. The third-order valence-electron chi connectivity index (χ3n) is 6.98. The predicted octanol–water partition coefficient (Wildman–Crippen LogP) is 5.54. The number of alkyl halides is 3. The van der Waals surface area contributed by atoms with Crippen LogP contribution in [0.1, 0.15) is 23.3 Å². The van der Waals surface area contributed by atoms with Crippen molar-refractivity contribution in [2.75, 3.05) is 63.9 Å². The fourth-order valence-corrected chi connectivity index (χ4v) is 6.80. The van der Waals surface area contributed by atoms with Crippen molar-refractivity contribution in [2.45, 2.75) is 36.4 Å². The minimum Gasteiger partial charge on any atom is -0.495 e. The second-order valence-corrected chi connectivity index (χ2v) is 13.1. The largest absolute Gasteiger partial charge is 0.495 e. The molecule has 7 nitrogen and oxygen atoms in total. The summed E-state index contributed by atoms with van der Waals surface area (Å²) in [7, 11) is -0.818. The van der Waals surface area contributed by atoms with E-state index in [0.29, 0.717) is 16.9 Å². The summed E-state index contributed by atoms with van der Waals surface area (Å²) in [6.45, 7) is 3.33. The fraction of sp³-hybridized carbons (Fsp3) is 0.448. The van der Waals surface area contributed by atoms with Crippen molar-refractivity contribution in [1.29, 1.82) is 0 Å². The zero-order valence-corrected chi connectivity index (χ0v) is 25.2. The van der Waals surface area contributed by atoms with E-state index >= 15 is 0 Å². The van der Waals surface area contributed by atoms with Gasteiger partial charge in [-0.25, -0.2) is 12.8 Å². The van der Waals surface area contributed by atoms with Crippen LogP contribution in [0.3, 0.4) is 0 Å². The Hall–Kier alpha value is -3.05. The number of piperidine rings is 1. The Morgan fingerprint density at radius 3 is 2.52 bits per heavy atom. The highest BCUT2D eigenvalue weighted by molar-refractivity contribution is 7.90. The van der Waals surface area contributed by atoms with Gasteiger partial charge in [0.1, 0.15) is 16.5 Å². The average molecular weight is 628 g/mol. The Balaban J connectivity index is 1.56. The maximum absolute atomic E-state index is 14.4. The molecule has 0 saturated carbocycles. The fourth-order valence-electron chi connectivity index (χ4n) is 4.89. The van der Waals surface area contributed by atoms with Crippen LogP contribution in [-0.4, -0.2) is 78.8 Å². The summed E-state index contributed by atoms with van der Waals surface area (Å²) in [5.74, 6) is 4.84. The van der Waals surface area contributed by atoms with E-state index in [1.807, 2.05) is 6.07 Å². The van der Waals surface area contributed by atoms with E-state index in [4.69, 9.17) is 9.47 Å². The number of nitrogens with zero attached hydrogens (tertiary/aromatic N) is 1. The normalized spacial score (nSPS) is 14.9. The van der Waals surface area contributed by atoms with E-state index in [0.717, 1.165) is 61.3 Å². The number of ether oxygens (including phenoxy) is 2. The number of methoxy groups -OCH3 is 2. The first-order chi connectivity index (χ1) is 19.9. The van der Waals surface area contributed by atoms with Gasteiger partial charge in [0.15, 0.2) is 9.84 Å². The van der Waals surface area contributed by atoms with E-state index in [2.05, 4.69) is 27.4 Å². The van der Waals surface area contributed by atoms with Gasteiger partial charge in [-0.05, 0) is 29.9 Å². The molecule has 0 aliphatic carbocycles. The molecule has 0 bridgehead atoms. The molecule has 2 N–H and O–H groups in total. The van der Waals surface area contributed by atoms with E-state index in [1.54, 1.807) is 19.2 Å². The van der Waals surface area contributed by atoms with Crippen LogP contribution in [-0.2, 0) is 21.0 Å². The molecule has 1 aliphatic heterocycles. The smallest absolute Gasteiger partial charge is 0.393 e. The number of rotatable bonds is 10. The lowest BCUT2D eigenvalue weighted by Crippen LogP contribution is -2.40. The number of hydrogen-bond acceptors (Lipinski definition) is 8. The maximum atomic E-state index is 14.4.